The molecule has 1 aliphatic rings. The minimum Gasteiger partial charge on any atom is -0.486 e. The Morgan fingerprint density at radius 1 is 1.18 bits per heavy atom. The van der Waals surface area contributed by atoms with E-state index in [1.165, 1.54) is 10.4 Å². The first-order chi connectivity index (χ1) is 10.5. The van der Waals surface area contributed by atoms with Gasteiger partial charge in [0.15, 0.2) is 0 Å². The number of para-hydroxylation sites is 2. The summed E-state index contributed by atoms with van der Waals surface area (Å²) < 4.78 is 33.3. The van der Waals surface area contributed by atoms with Gasteiger partial charge in [-0.3, -0.25) is 4.31 Å². The van der Waals surface area contributed by atoms with E-state index in [4.69, 9.17) is 16.3 Å². The van der Waals surface area contributed by atoms with Gasteiger partial charge in [0.25, 0.3) is 10.0 Å². The minimum absolute atomic E-state index is 0.114. The Hall–Kier alpha value is -1.72. The van der Waals surface area contributed by atoms with Crippen molar-refractivity contribution >= 4 is 27.3 Å². The van der Waals surface area contributed by atoms with Gasteiger partial charge in [-0.25, -0.2) is 8.42 Å². The van der Waals surface area contributed by atoms with Crippen molar-refractivity contribution < 1.29 is 13.2 Å². The standard InChI is InChI=1S/C16H16ClNO3S/c1-2-12-11-18(14-8-4-5-9-15(14)21-12)22(19,20)16-10-6-3-7-13(16)17/h3-10,12H,2,11H2,1H3. The molecule has 1 heterocycles. The highest BCUT2D eigenvalue weighted by Crippen LogP contribution is 2.38. The highest BCUT2D eigenvalue weighted by atomic mass is 35.5. The normalized spacial score (nSPS) is 17.7. The average molecular weight is 338 g/mol. The van der Waals surface area contributed by atoms with Crippen LogP contribution in [-0.4, -0.2) is 21.1 Å². The zero-order valence-electron chi connectivity index (χ0n) is 12.1. The molecule has 0 saturated heterocycles. The molecule has 0 amide bonds. The predicted molar refractivity (Wildman–Crippen MR) is 87.1 cm³/mol. The van der Waals surface area contributed by atoms with Crippen molar-refractivity contribution in [1.29, 1.82) is 0 Å². The van der Waals surface area contributed by atoms with Gasteiger partial charge in [0.05, 0.1) is 17.3 Å². The SMILES string of the molecule is CCC1CN(S(=O)(=O)c2ccccc2Cl)c2ccccc2O1. The van der Waals surface area contributed by atoms with Gasteiger partial charge < -0.3 is 4.74 Å². The van der Waals surface area contributed by atoms with E-state index in [2.05, 4.69) is 0 Å². The number of ether oxygens (including phenoxy) is 1. The zero-order chi connectivity index (χ0) is 15.7. The van der Waals surface area contributed by atoms with Crippen molar-refractivity contribution in [3.05, 3.63) is 53.6 Å². The summed E-state index contributed by atoms with van der Waals surface area (Å²) >= 11 is 6.09. The molecule has 0 spiro atoms. The molecule has 0 radical (unpaired) electrons. The molecule has 116 valence electrons. The summed E-state index contributed by atoms with van der Waals surface area (Å²) in [4.78, 5) is 0.114. The summed E-state index contributed by atoms with van der Waals surface area (Å²) in [5, 5.41) is 0.222. The van der Waals surface area contributed by atoms with E-state index in [0.29, 0.717) is 11.4 Å². The largest absolute Gasteiger partial charge is 0.486 e. The smallest absolute Gasteiger partial charge is 0.266 e. The van der Waals surface area contributed by atoms with Crippen LogP contribution in [0.1, 0.15) is 13.3 Å². The summed E-state index contributed by atoms with van der Waals surface area (Å²) in [5.74, 6) is 0.580. The third kappa shape index (κ3) is 2.55. The molecule has 3 rings (SSSR count). The lowest BCUT2D eigenvalue weighted by Crippen LogP contribution is -2.43. The molecule has 2 aromatic carbocycles. The zero-order valence-corrected chi connectivity index (χ0v) is 13.6. The molecular weight excluding hydrogens is 322 g/mol. The van der Waals surface area contributed by atoms with Crippen LogP contribution >= 0.6 is 11.6 Å². The lowest BCUT2D eigenvalue weighted by atomic mass is 10.2. The monoisotopic (exact) mass is 337 g/mol. The Morgan fingerprint density at radius 3 is 2.59 bits per heavy atom. The third-order valence-corrected chi connectivity index (χ3v) is 5.94. The second-order valence-electron chi connectivity index (χ2n) is 5.08. The number of hydrogen-bond donors (Lipinski definition) is 0. The molecule has 0 fully saturated rings. The first kappa shape index (κ1) is 15.2. The number of nitrogens with zero attached hydrogens (tertiary/aromatic N) is 1. The van der Waals surface area contributed by atoms with Crippen LogP contribution in [0, 0.1) is 0 Å². The van der Waals surface area contributed by atoms with Gasteiger partial charge >= 0.3 is 0 Å². The molecule has 4 nitrogen and oxygen atoms in total. The fourth-order valence-electron chi connectivity index (χ4n) is 2.48. The molecule has 1 unspecified atom stereocenters. The molecule has 0 saturated carbocycles. The molecule has 1 atom stereocenters. The van der Waals surface area contributed by atoms with Crippen LogP contribution in [0.15, 0.2) is 53.4 Å². The highest BCUT2D eigenvalue weighted by molar-refractivity contribution is 7.93. The number of benzene rings is 2. The van der Waals surface area contributed by atoms with E-state index < -0.39 is 10.0 Å². The summed E-state index contributed by atoms with van der Waals surface area (Å²) in [6.07, 6.45) is 0.551. The van der Waals surface area contributed by atoms with Crippen LogP contribution in [0.25, 0.3) is 0 Å². The number of hydrogen-bond acceptors (Lipinski definition) is 3. The van der Waals surface area contributed by atoms with Crippen LogP contribution in [-0.2, 0) is 10.0 Å². The molecule has 0 bridgehead atoms. The van der Waals surface area contributed by atoms with Crippen LogP contribution in [0.2, 0.25) is 5.02 Å². The van der Waals surface area contributed by atoms with Gasteiger partial charge in [-0.15, -0.1) is 0 Å². The van der Waals surface area contributed by atoms with Gasteiger partial charge in [-0.2, -0.15) is 0 Å². The molecular formula is C16H16ClNO3S. The quantitative estimate of drug-likeness (QED) is 0.857. The van der Waals surface area contributed by atoms with E-state index >= 15 is 0 Å². The first-order valence-electron chi connectivity index (χ1n) is 7.07. The van der Waals surface area contributed by atoms with Crippen molar-refractivity contribution in [2.24, 2.45) is 0 Å². The van der Waals surface area contributed by atoms with Crippen LogP contribution in [0.3, 0.4) is 0 Å². The van der Waals surface area contributed by atoms with E-state index in [0.717, 1.165) is 6.42 Å². The van der Waals surface area contributed by atoms with E-state index in [9.17, 15) is 8.42 Å². The molecule has 0 aromatic heterocycles. The van der Waals surface area contributed by atoms with Crippen molar-refractivity contribution in [2.45, 2.75) is 24.3 Å². The third-order valence-electron chi connectivity index (χ3n) is 3.66. The Morgan fingerprint density at radius 2 is 1.86 bits per heavy atom. The van der Waals surface area contributed by atoms with Gasteiger partial charge in [0, 0.05) is 0 Å². The number of halogens is 1. The Labute approximate surface area is 135 Å². The first-order valence-corrected chi connectivity index (χ1v) is 8.89. The topological polar surface area (TPSA) is 46.6 Å². The maximum absolute atomic E-state index is 13.0. The van der Waals surface area contributed by atoms with E-state index in [1.54, 1.807) is 36.4 Å². The highest BCUT2D eigenvalue weighted by Gasteiger charge is 2.34. The Kier molecular flexibility index (Phi) is 4.02. The number of fused-ring (bicyclic) bond motifs is 1. The lowest BCUT2D eigenvalue weighted by Gasteiger charge is -2.35. The minimum atomic E-state index is -3.73. The Bertz CT molecular complexity index is 791. The summed E-state index contributed by atoms with van der Waals surface area (Å²) in [7, 11) is -3.73. The van der Waals surface area contributed by atoms with Gasteiger partial charge in [-0.1, -0.05) is 42.8 Å². The fourth-order valence-corrected chi connectivity index (χ4v) is 4.48. The van der Waals surface area contributed by atoms with Crippen LogP contribution < -0.4 is 9.04 Å². The van der Waals surface area contributed by atoms with Gasteiger partial charge in [0.2, 0.25) is 0 Å². The lowest BCUT2D eigenvalue weighted by molar-refractivity contribution is 0.196. The molecule has 22 heavy (non-hydrogen) atoms. The van der Waals surface area contributed by atoms with Gasteiger partial charge in [-0.05, 0) is 30.7 Å². The second kappa shape index (κ2) is 5.82. The summed E-state index contributed by atoms with van der Waals surface area (Å²) in [6, 6.07) is 13.6. The second-order valence-corrected chi connectivity index (χ2v) is 7.32. The van der Waals surface area contributed by atoms with Crippen molar-refractivity contribution in [3.8, 4) is 5.75 Å². The van der Waals surface area contributed by atoms with E-state index in [-0.39, 0.29) is 22.6 Å². The molecule has 6 heteroatoms. The van der Waals surface area contributed by atoms with E-state index in [1.807, 2.05) is 13.0 Å². The summed E-state index contributed by atoms with van der Waals surface area (Å²) in [5.41, 5.74) is 0.548. The number of anilines is 1. The maximum atomic E-state index is 13.0. The molecule has 2 aromatic rings. The predicted octanol–water partition coefficient (Wildman–Crippen LogP) is 3.71. The maximum Gasteiger partial charge on any atom is 0.266 e. The molecule has 1 aliphatic heterocycles. The van der Waals surface area contributed by atoms with Crippen molar-refractivity contribution in [1.82, 2.24) is 0 Å². The molecule has 0 aliphatic carbocycles. The molecule has 0 N–H and O–H groups in total. The summed E-state index contributed by atoms with van der Waals surface area (Å²) in [6.45, 7) is 2.25. The average Bonchev–Trinajstić information content (AvgIpc) is 2.54. The van der Waals surface area contributed by atoms with Crippen molar-refractivity contribution in [3.63, 3.8) is 0 Å². The fraction of sp³-hybridized carbons (Fsp3) is 0.250. The Balaban J connectivity index is 2.13. The van der Waals surface area contributed by atoms with Crippen LogP contribution in [0.4, 0.5) is 5.69 Å². The van der Waals surface area contributed by atoms with Crippen LogP contribution in [0.5, 0.6) is 5.75 Å². The van der Waals surface area contributed by atoms with Crippen molar-refractivity contribution in [2.75, 3.05) is 10.8 Å². The number of sulfonamides is 1. The van der Waals surface area contributed by atoms with Gasteiger partial charge in [0.1, 0.15) is 16.7 Å². The number of rotatable bonds is 3.